The molecule has 118 valence electrons. The van der Waals surface area contributed by atoms with Gasteiger partial charge in [0.1, 0.15) is 0 Å². The van der Waals surface area contributed by atoms with Gasteiger partial charge in [0.2, 0.25) is 0 Å². The third kappa shape index (κ3) is 135. The Hall–Kier alpha value is -1.56. The first-order chi connectivity index (χ1) is 9.72. The third-order valence-electron chi connectivity index (χ3n) is 0.905. The molecule has 0 heterocycles. The molecule has 0 aliphatic carbocycles. The van der Waals surface area contributed by atoms with Crippen molar-refractivity contribution in [2.24, 2.45) is 0 Å². The Bertz CT molecular complexity index is 294. The topological polar surface area (TPSA) is 119 Å². The van der Waals surface area contributed by atoms with E-state index in [9.17, 15) is 0 Å². The monoisotopic (exact) mass is 386 g/mol. The van der Waals surface area contributed by atoms with E-state index in [1.54, 1.807) is 12.2 Å². The van der Waals surface area contributed by atoms with Crippen molar-refractivity contribution >= 4 is 0 Å². The van der Waals surface area contributed by atoms with Crippen molar-refractivity contribution in [3.05, 3.63) is 89.5 Å². The predicted molar refractivity (Wildman–Crippen MR) is 62.3 cm³/mol. The van der Waals surface area contributed by atoms with Crippen molar-refractivity contribution < 1.29 is 62.1 Å². The summed E-state index contributed by atoms with van der Waals surface area (Å²) < 4.78 is 45.0. The molecule has 0 bridgehead atoms. The summed E-state index contributed by atoms with van der Waals surface area (Å²) in [6, 6.07) is 0. The van der Waals surface area contributed by atoms with E-state index >= 15 is 0 Å². The van der Waals surface area contributed by atoms with Crippen LogP contribution in [0.5, 0.6) is 0 Å². The fourth-order valence-corrected chi connectivity index (χ4v) is 0.262. The van der Waals surface area contributed by atoms with E-state index in [0.29, 0.717) is 0 Å². The van der Waals surface area contributed by atoms with Gasteiger partial charge in [-0.2, -0.15) is 0 Å². The SMILES string of the molecule is C=CC(=C)C(=C)C=C.[C-]#[O+].[C-]#[O+].[C-]#[O+].[C-]#[O+].[C-]#[O+].[C-]#[O+].[Fe].[Fe]. The van der Waals surface area contributed by atoms with Crippen LogP contribution < -0.4 is 0 Å². The maximum atomic E-state index is 7.50. The summed E-state index contributed by atoms with van der Waals surface area (Å²) in [5, 5.41) is 0. The van der Waals surface area contributed by atoms with Crippen LogP contribution in [0.15, 0.2) is 49.6 Å². The van der Waals surface area contributed by atoms with Gasteiger partial charge < -0.3 is 0 Å². The van der Waals surface area contributed by atoms with Gasteiger partial charge in [-0.3, -0.25) is 0 Å². The van der Waals surface area contributed by atoms with Crippen molar-refractivity contribution in [2.75, 3.05) is 0 Å². The molecule has 0 aliphatic heterocycles. The van der Waals surface area contributed by atoms with Crippen molar-refractivity contribution in [1.29, 1.82) is 0 Å². The first kappa shape index (κ1) is 59.0. The van der Waals surface area contributed by atoms with Gasteiger partial charge in [0, 0.05) is 34.1 Å². The molecule has 0 fully saturated rings. The summed E-state index contributed by atoms with van der Waals surface area (Å²) in [6.45, 7) is 41.4. The van der Waals surface area contributed by atoms with Crippen LogP contribution in [0.1, 0.15) is 0 Å². The first-order valence-electron chi connectivity index (χ1n) is 3.58. The number of allylic oxidation sites excluding steroid dienone is 4. The van der Waals surface area contributed by atoms with Gasteiger partial charge in [-0.1, -0.05) is 38.5 Å². The van der Waals surface area contributed by atoms with Crippen molar-refractivity contribution in [3.63, 3.8) is 0 Å². The van der Waals surface area contributed by atoms with E-state index in [0.717, 1.165) is 11.1 Å². The fourth-order valence-electron chi connectivity index (χ4n) is 0.262. The second-order valence-corrected chi connectivity index (χ2v) is 1.46. The summed E-state index contributed by atoms with van der Waals surface area (Å²) in [6.07, 6.45) is 3.31. The fraction of sp³-hybridized carbons (Fsp3) is 0. The second-order valence-electron chi connectivity index (χ2n) is 1.46. The van der Waals surface area contributed by atoms with Crippen LogP contribution in [-0.4, -0.2) is 0 Å². The molecule has 0 aromatic carbocycles. The Labute approximate surface area is 151 Å². The maximum absolute atomic E-state index is 7.50. The largest absolute Gasteiger partial charge is 0 e. The van der Waals surface area contributed by atoms with Gasteiger partial charge >= 0.3 is 67.8 Å². The first-order valence-corrected chi connectivity index (χ1v) is 3.58. The van der Waals surface area contributed by atoms with E-state index in [4.69, 9.17) is 27.9 Å². The molecule has 22 heavy (non-hydrogen) atoms. The van der Waals surface area contributed by atoms with Gasteiger partial charge in [0.25, 0.3) is 0 Å². The van der Waals surface area contributed by atoms with Gasteiger partial charge in [-0.25, -0.2) is 0 Å². The molecular weight excluding hydrogens is 376 g/mol. The van der Waals surface area contributed by atoms with Crippen LogP contribution in [0.3, 0.4) is 0 Å². The molecule has 0 rings (SSSR count). The molecule has 0 aliphatic rings. The van der Waals surface area contributed by atoms with Crippen LogP contribution >= 0.6 is 0 Å². The van der Waals surface area contributed by atoms with Crippen LogP contribution in [0.4, 0.5) is 0 Å². The summed E-state index contributed by atoms with van der Waals surface area (Å²) in [5.74, 6) is 0. The number of hydrogen-bond donors (Lipinski definition) is 0. The van der Waals surface area contributed by atoms with E-state index in [1.807, 2.05) is 0 Å². The average Bonchev–Trinajstić information content (AvgIpc) is 2.63. The van der Waals surface area contributed by atoms with Gasteiger partial charge in [0.15, 0.2) is 0 Å². The molecule has 6 nitrogen and oxygen atoms in total. The smallest absolute Gasteiger partial charge is 0 e. The van der Waals surface area contributed by atoms with Crippen molar-refractivity contribution in [1.82, 2.24) is 0 Å². The van der Waals surface area contributed by atoms with E-state index < -0.39 is 0 Å². The van der Waals surface area contributed by atoms with Gasteiger partial charge in [-0.15, -0.1) is 0 Å². The third-order valence-corrected chi connectivity index (χ3v) is 0.905. The van der Waals surface area contributed by atoms with E-state index in [1.165, 1.54) is 0 Å². The van der Waals surface area contributed by atoms with Crippen LogP contribution in [0.2, 0.25) is 0 Å². The van der Waals surface area contributed by atoms with E-state index in [-0.39, 0.29) is 34.1 Å². The average molecular weight is 386 g/mol. The summed E-state index contributed by atoms with van der Waals surface area (Å²) in [7, 11) is 0. The Morgan fingerprint density at radius 2 is 0.591 bits per heavy atom. The zero-order valence-electron chi connectivity index (χ0n) is 11.1. The zero-order valence-corrected chi connectivity index (χ0v) is 13.3. The minimum absolute atomic E-state index is 0. The Morgan fingerprint density at radius 3 is 0.636 bits per heavy atom. The van der Waals surface area contributed by atoms with Crippen molar-refractivity contribution in [2.45, 2.75) is 0 Å². The number of rotatable bonds is 3. The molecule has 0 radical (unpaired) electrons. The van der Waals surface area contributed by atoms with Crippen molar-refractivity contribution in [3.8, 4) is 0 Å². The molecular formula is C14H10Fe2O6. The maximum Gasteiger partial charge on any atom is 0 e. The van der Waals surface area contributed by atoms with Crippen LogP contribution in [0.25, 0.3) is 0 Å². The van der Waals surface area contributed by atoms with Gasteiger partial charge in [-0.05, 0) is 11.1 Å². The normalized spacial score (nSPS) is 3.27. The second kappa shape index (κ2) is 159. The molecule has 0 saturated heterocycles. The molecule has 0 aromatic heterocycles. The number of hydrogen-bond acceptors (Lipinski definition) is 0. The summed E-state index contributed by atoms with van der Waals surface area (Å²) >= 11 is 0. The Balaban J connectivity index is -0.0000000149. The van der Waals surface area contributed by atoms with Crippen LogP contribution in [0, 0.1) is 39.9 Å². The summed E-state index contributed by atoms with van der Waals surface area (Å²) in [4.78, 5) is 0. The minimum atomic E-state index is 0. The minimum Gasteiger partial charge on any atom is 0 e. The Morgan fingerprint density at radius 1 is 0.500 bits per heavy atom. The molecule has 0 amide bonds. The standard InChI is InChI=1S/C8H10.6CO.2Fe/c1-5-7(3)8(4)6-2;6*1-2;;/h5-6H,1-4H2;;;;;;;;. The van der Waals surface area contributed by atoms with E-state index in [2.05, 4.69) is 66.2 Å². The predicted octanol–water partition coefficient (Wildman–Crippen LogP) is 2.24. The van der Waals surface area contributed by atoms with Crippen LogP contribution in [-0.2, 0) is 62.1 Å². The van der Waals surface area contributed by atoms with Gasteiger partial charge in [0.05, 0.1) is 0 Å². The molecule has 0 saturated carbocycles. The Kier molecular flexibility index (Phi) is 428. The zero-order chi connectivity index (χ0) is 18.6. The quantitative estimate of drug-likeness (QED) is 0.306. The molecule has 0 unspecified atom stereocenters. The molecule has 0 N–H and O–H groups in total. The summed E-state index contributed by atoms with van der Waals surface area (Å²) in [5.41, 5.74) is 1.67. The molecule has 0 atom stereocenters. The molecule has 0 aromatic rings. The molecule has 0 spiro atoms. The molecule has 8 heteroatoms.